The van der Waals surface area contributed by atoms with Crippen molar-refractivity contribution >= 4 is 11.7 Å². The van der Waals surface area contributed by atoms with Gasteiger partial charge < -0.3 is 19.3 Å². The number of carbonyl (C=O) groups excluding carboxylic acids is 2. The molecule has 0 spiro atoms. The molecule has 1 aromatic heterocycles. The number of aryl methyl sites for hydroxylation is 1. The third kappa shape index (κ3) is 3.49. The van der Waals surface area contributed by atoms with Gasteiger partial charge in [-0.05, 0) is 25.0 Å². The van der Waals surface area contributed by atoms with Crippen molar-refractivity contribution in [2.75, 3.05) is 6.61 Å². The first-order valence-electron chi connectivity index (χ1n) is 9.15. The van der Waals surface area contributed by atoms with Crippen LogP contribution >= 0.6 is 0 Å². The molecule has 1 aromatic carbocycles. The molecule has 0 bridgehead atoms. The van der Waals surface area contributed by atoms with Gasteiger partial charge in [0.05, 0.1) is 24.8 Å². The van der Waals surface area contributed by atoms with E-state index in [0.29, 0.717) is 6.61 Å². The van der Waals surface area contributed by atoms with Gasteiger partial charge in [0.25, 0.3) is 5.91 Å². The Bertz CT molecular complexity index is 1080. The summed E-state index contributed by atoms with van der Waals surface area (Å²) >= 11 is 0. The van der Waals surface area contributed by atoms with Crippen molar-refractivity contribution < 1.29 is 28.2 Å². The number of Topliss-reactive ketones (excluding diaryl/α,β-unsaturated/α-hetero) is 1. The maximum atomic E-state index is 13.8. The van der Waals surface area contributed by atoms with Crippen LogP contribution in [-0.4, -0.2) is 45.1 Å². The van der Waals surface area contributed by atoms with Crippen LogP contribution < -0.4 is 5.43 Å². The first kappa shape index (κ1) is 21.6. The van der Waals surface area contributed by atoms with Gasteiger partial charge in [-0.2, -0.15) is 0 Å². The Kier molecular flexibility index (Phi) is 5.76. The number of aromatic hydroxyl groups is 1. The molecule has 2 atom stereocenters. The van der Waals surface area contributed by atoms with Crippen molar-refractivity contribution in [2.45, 2.75) is 46.0 Å². The molecule has 0 saturated carbocycles. The lowest BCUT2D eigenvalue weighted by Crippen LogP contribution is -2.48. The van der Waals surface area contributed by atoms with E-state index in [1.807, 2.05) is 0 Å². The van der Waals surface area contributed by atoms with Gasteiger partial charge in [-0.15, -0.1) is 0 Å². The number of benzene rings is 1. The summed E-state index contributed by atoms with van der Waals surface area (Å²) in [6, 6.07) is 2.85. The van der Waals surface area contributed by atoms with E-state index in [1.165, 1.54) is 21.7 Å². The minimum atomic E-state index is -0.944. The van der Waals surface area contributed by atoms with Crippen LogP contribution in [0.15, 0.2) is 29.2 Å². The molecular weight excluding hydrogens is 398 g/mol. The van der Waals surface area contributed by atoms with E-state index in [9.17, 15) is 28.3 Å². The van der Waals surface area contributed by atoms with E-state index in [-0.39, 0.29) is 49.7 Å². The molecule has 2 aromatic rings. The van der Waals surface area contributed by atoms with Crippen molar-refractivity contribution in [3.63, 3.8) is 0 Å². The molecule has 0 radical (unpaired) electrons. The fourth-order valence-electron chi connectivity index (χ4n) is 3.78. The normalized spacial score (nSPS) is 19.8. The predicted octanol–water partition coefficient (Wildman–Crippen LogP) is 2.48. The molecule has 2 aliphatic heterocycles. The van der Waals surface area contributed by atoms with Gasteiger partial charge in [0.1, 0.15) is 11.6 Å². The lowest BCUT2D eigenvalue weighted by molar-refractivity contribution is 0.00625. The molecule has 7 nitrogen and oxygen atoms in total. The highest BCUT2D eigenvalue weighted by Crippen LogP contribution is 2.29. The van der Waals surface area contributed by atoms with Crippen molar-refractivity contribution in [1.29, 1.82) is 0 Å². The van der Waals surface area contributed by atoms with Crippen LogP contribution in [-0.2, 0) is 17.7 Å². The summed E-state index contributed by atoms with van der Waals surface area (Å²) in [5, 5.41) is 10.3. The van der Waals surface area contributed by atoms with E-state index >= 15 is 0 Å². The third-order valence-electron chi connectivity index (χ3n) is 5.30. The molecule has 2 aliphatic rings. The summed E-state index contributed by atoms with van der Waals surface area (Å²) in [6.45, 7) is 2.31. The summed E-state index contributed by atoms with van der Waals surface area (Å²) < 4.78 is 33.7. The second-order valence-electron chi connectivity index (χ2n) is 7.23. The highest BCUT2D eigenvalue weighted by atomic mass is 19.1. The third-order valence-corrected chi connectivity index (χ3v) is 5.30. The summed E-state index contributed by atoms with van der Waals surface area (Å²) in [6.07, 6.45) is 0.446. The molecule has 160 valence electrons. The van der Waals surface area contributed by atoms with Crippen molar-refractivity contribution in [1.82, 2.24) is 9.47 Å². The summed E-state index contributed by atoms with van der Waals surface area (Å²) in [5.41, 5.74) is -1.27. The number of ketones is 1. The van der Waals surface area contributed by atoms with E-state index in [0.717, 1.165) is 12.1 Å². The molecule has 30 heavy (non-hydrogen) atoms. The first-order valence-corrected chi connectivity index (χ1v) is 9.15. The summed E-state index contributed by atoms with van der Waals surface area (Å²) in [7, 11) is 0. The highest BCUT2D eigenvalue weighted by molar-refractivity contribution is 6.00. The van der Waals surface area contributed by atoms with Gasteiger partial charge in [-0.1, -0.05) is 13.5 Å². The van der Waals surface area contributed by atoms with E-state index in [2.05, 4.69) is 0 Å². The van der Waals surface area contributed by atoms with E-state index in [4.69, 9.17) is 4.74 Å². The average molecular weight is 420 g/mol. The quantitative estimate of drug-likeness (QED) is 0.768. The number of amides is 1. The zero-order valence-corrected chi connectivity index (χ0v) is 15.5. The van der Waals surface area contributed by atoms with E-state index < -0.39 is 40.7 Å². The van der Waals surface area contributed by atoms with E-state index in [1.54, 1.807) is 6.92 Å². The van der Waals surface area contributed by atoms with Crippen molar-refractivity contribution in [3.8, 4) is 5.75 Å². The van der Waals surface area contributed by atoms with Gasteiger partial charge in [-0.25, -0.2) is 8.78 Å². The van der Waals surface area contributed by atoms with Crippen LogP contribution in [0.25, 0.3) is 0 Å². The standard InChI is InChI=1S/C20H18F2N2O5.CH4/c1-10-9-29-16-8-23-7-13(18(26)19(27)17(23)20(28)24(10)16)15(25)5-3-11-2-4-12(21)6-14(11)22;/h2,4,6-7,10,16,27H,3,5,8-9H2,1H3;1H4/t10-,16+;/m0./s1. The highest BCUT2D eigenvalue weighted by Gasteiger charge is 2.42. The molecule has 9 heteroatoms. The molecule has 0 unspecified atom stereocenters. The number of rotatable bonds is 4. The van der Waals surface area contributed by atoms with Gasteiger partial charge in [0.15, 0.2) is 23.5 Å². The molecule has 1 saturated heterocycles. The predicted molar refractivity (Wildman–Crippen MR) is 103 cm³/mol. The Balaban J connectivity index is 0.00000256. The molecular formula is C21H22F2N2O5. The number of nitrogens with zero attached hydrogens (tertiary/aromatic N) is 2. The monoisotopic (exact) mass is 420 g/mol. The Morgan fingerprint density at radius 1 is 1.30 bits per heavy atom. The van der Waals surface area contributed by atoms with Gasteiger partial charge in [0.2, 0.25) is 5.43 Å². The number of carbonyl (C=O) groups is 2. The molecule has 1 fully saturated rings. The number of hydrogen-bond acceptors (Lipinski definition) is 5. The minimum Gasteiger partial charge on any atom is -0.503 e. The molecule has 3 heterocycles. The Morgan fingerprint density at radius 3 is 2.73 bits per heavy atom. The molecule has 4 rings (SSSR count). The lowest BCUT2D eigenvalue weighted by Gasteiger charge is -2.33. The number of fused-ring (bicyclic) bond motifs is 2. The lowest BCUT2D eigenvalue weighted by atomic mass is 10.0. The van der Waals surface area contributed by atoms with Crippen LogP contribution in [0.2, 0.25) is 0 Å². The number of pyridine rings is 1. The number of hydrogen-bond donors (Lipinski definition) is 1. The Hall–Kier alpha value is -3.07. The summed E-state index contributed by atoms with van der Waals surface area (Å²) in [5.74, 6) is -3.43. The topological polar surface area (TPSA) is 88.8 Å². The van der Waals surface area contributed by atoms with Gasteiger partial charge in [0, 0.05) is 18.7 Å². The largest absolute Gasteiger partial charge is 0.503 e. The smallest absolute Gasteiger partial charge is 0.276 e. The van der Waals surface area contributed by atoms with Crippen LogP contribution in [0, 0.1) is 11.6 Å². The fraction of sp³-hybridized carbons (Fsp3) is 0.381. The number of aromatic nitrogens is 1. The second kappa shape index (κ2) is 7.98. The van der Waals surface area contributed by atoms with Crippen LogP contribution in [0.5, 0.6) is 5.75 Å². The molecule has 1 amide bonds. The zero-order chi connectivity index (χ0) is 20.9. The Labute approximate surface area is 171 Å². The SMILES string of the molecule is C.C[C@H]1CO[C@@H]2Cn3cc(C(=O)CCc4ccc(F)cc4F)c(=O)c(O)c3C(=O)N12. The maximum Gasteiger partial charge on any atom is 0.276 e. The average Bonchev–Trinajstić information content (AvgIpc) is 3.04. The van der Waals surface area contributed by atoms with Gasteiger partial charge >= 0.3 is 0 Å². The van der Waals surface area contributed by atoms with Crippen molar-refractivity contribution in [2.24, 2.45) is 0 Å². The number of ether oxygens (including phenoxy) is 1. The van der Waals surface area contributed by atoms with Crippen molar-refractivity contribution in [3.05, 3.63) is 63.1 Å². The maximum absolute atomic E-state index is 13.8. The Morgan fingerprint density at radius 2 is 2.03 bits per heavy atom. The minimum absolute atomic E-state index is 0. The van der Waals surface area contributed by atoms with Crippen LogP contribution in [0.3, 0.4) is 0 Å². The van der Waals surface area contributed by atoms with Crippen LogP contribution in [0.4, 0.5) is 8.78 Å². The molecule has 0 aliphatic carbocycles. The van der Waals surface area contributed by atoms with Gasteiger partial charge in [-0.3, -0.25) is 14.4 Å². The fourth-order valence-corrected chi connectivity index (χ4v) is 3.78. The van der Waals surface area contributed by atoms with Crippen LogP contribution in [0.1, 0.15) is 47.2 Å². The first-order chi connectivity index (χ1) is 13.8. The second-order valence-corrected chi connectivity index (χ2v) is 7.23. The summed E-state index contributed by atoms with van der Waals surface area (Å²) in [4.78, 5) is 39.3. The molecule has 1 N–H and O–H groups in total. The number of halogens is 2. The zero-order valence-electron chi connectivity index (χ0n) is 15.5.